The molecular weight excluding hydrogens is 415 g/mol. The van der Waals surface area contributed by atoms with Crippen molar-refractivity contribution in [2.75, 3.05) is 26.4 Å². The topological polar surface area (TPSA) is 77.0 Å². The number of benzene rings is 2. The largest absolute Gasteiger partial charge is 0.491 e. The first-order chi connectivity index (χ1) is 14.8. The second kappa shape index (κ2) is 10.5. The van der Waals surface area contributed by atoms with Gasteiger partial charge in [0, 0.05) is 18.7 Å². The molecule has 3 rings (SSSR count). The van der Waals surface area contributed by atoms with Crippen LogP contribution in [0, 0.1) is 0 Å². The minimum absolute atomic E-state index is 0.0727. The van der Waals surface area contributed by atoms with Crippen molar-refractivity contribution in [1.82, 2.24) is 5.32 Å². The van der Waals surface area contributed by atoms with Gasteiger partial charge >= 0.3 is 6.18 Å². The van der Waals surface area contributed by atoms with E-state index in [0.29, 0.717) is 17.9 Å². The van der Waals surface area contributed by atoms with Gasteiger partial charge in [0.2, 0.25) is 0 Å². The lowest BCUT2D eigenvalue weighted by Gasteiger charge is -2.14. The Morgan fingerprint density at radius 2 is 1.74 bits per heavy atom. The first-order valence-electron chi connectivity index (χ1n) is 9.92. The fraction of sp³-hybridized carbons (Fsp3) is 0.409. The molecule has 1 heterocycles. The summed E-state index contributed by atoms with van der Waals surface area (Å²) in [5, 5.41) is 12.5. The number of aliphatic hydroxyl groups is 1. The maximum atomic E-state index is 12.5. The van der Waals surface area contributed by atoms with E-state index in [-0.39, 0.29) is 30.9 Å². The summed E-state index contributed by atoms with van der Waals surface area (Å²) in [5.41, 5.74) is -0.378. The third-order valence-electron chi connectivity index (χ3n) is 4.70. The van der Waals surface area contributed by atoms with Crippen molar-refractivity contribution in [3.05, 3.63) is 59.7 Å². The second-order valence-electron chi connectivity index (χ2n) is 7.17. The van der Waals surface area contributed by atoms with Gasteiger partial charge in [-0.1, -0.05) is 0 Å². The van der Waals surface area contributed by atoms with E-state index < -0.39 is 17.8 Å². The number of alkyl halides is 3. The molecular formula is C22H24F3NO5. The van der Waals surface area contributed by atoms with Crippen LogP contribution in [0.4, 0.5) is 13.2 Å². The zero-order chi connectivity index (χ0) is 22.3. The number of carbonyl (C=O) groups is 1. The van der Waals surface area contributed by atoms with Crippen molar-refractivity contribution in [3.63, 3.8) is 0 Å². The van der Waals surface area contributed by atoms with Crippen LogP contribution >= 0.6 is 0 Å². The number of hydrogen-bond acceptors (Lipinski definition) is 5. The zero-order valence-electron chi connectivity index (χ0n) is 16.7. The summed E-state index contributed by atoms with van der Waals surface area (Å²) in [7, 11) is 0. The van der Waals surface area contributed by atoms with Gasteiger partial charge in [0.1, 0.15) is 30.8 Å². The van der Waals surface area contributed by atoms with Crippen LogP contribution in [0.1, 0.15) is 28.8 Å². The summed E-state index contributed by atoms with van der Waals surface area (Å²) in [5.74, 6) is 0.452. The van der Waals surface area contributed by atoms with Crippen molar-refractivity contribution >= 4 is 5.91 Å². The number of amides is 1. The first kappa shape index (κ1) is 22.9. The third kappa shape index (κ3) is 7.15. The molecule has 1 aliphatic rings. The van der Waals surface area contributed by atoms with Gasteiger partial charge in [-0.05, 0) is 61.4 Å². The van der Waals surface area contributed by atoms with Gasteiger partial charge in [-0.3, -0.25) is 4.79 Å². The highest BCUT2D eigenvalue weighted by Gasteiger charge is 2.30. The third-order valence-corrected chi connectivity index (χ3v) is 4.70. The minimum Gasteiger partial charge on any atom is -0.491 e. The lowest BCUT2D eigenvalue weighted by molar-refractivity contribution is -0.137. The van der Waals surface area contributed by atoms with Crippen molar-refractivity contribution in [2.24, 2.45) is 0 Å². The van der Waals surface area contributed by atoms with E-state index in [0.717, 1.165) is 31.6 Å². The molecule has 0 saturated carbocycles. The maximum Gasteiger partial charge on any atom is 0.416 e. The molecule has 1 aliphatic heterocycles. The Morgan fingerprint density at radius 3 is 2.35 bits per heavy atom. The lowest BCUT2D eigenvalue weighted by atomic mass is 10.2. The summed E-state index contributed by atoms with van der Waals surface area (Å²) in [6, 6.07) is 10.8. The number of nitrogens with one attached hydrogen (secondary N) is 1. The highest BCUT2D eigenvalue weighted by molar-refractivity contribution is 5.94. The Balaban J connectivity index is 1.38. The maximum absolute atomic E-state index is 12.5. The Bertz CT molecular complexity index is 834. The molecule has 0 bridgehead atoms. The first-order valence-corrected chi connectivity index (χ1v) is 9.92. The second-order valence-corrected chi connectivity index (χ2v) is 7.17. The monoisotopic (exact) mass is 439 g/mol. The standard InChI is InChI=1S/C22H24F3NO5/c23-22(24,25)16-5-9-19(10-6-16)30-13-17(27)12-26-21(28)15-3-7-18(8-4-15)31-14-20-2-1-11-29-20/h3-10,17,20,27H,1-2,11-14H2,(H,26,28). The van der Waals surface area contributed by atoms with Gasteiger partial charge in [0.15, 0.2) is 0 Å². The number of ether oxygens (including phenoxy) is 3. The molecule has 6 nitrogen and oxygen atoms in total. The van der Waals surface area contributed by atoms with Crippen molar-refractivity contribution < 1.29 is 37.3 Å². The van der Waals surface area contributed by atoms with E-state index in [4.69, 9.17) is 14.2 Å². The molecule has 1 saturated heterocycles. The van der Waals surface area contributed by atoms with E-state index in [1.165, 1.54) is 12.1 Å². The molecule has 9 heteroatoms. The van der Waals surface area contributed by atoms with E-state index in [1.54, 1.807) is 24.3 Å². The molecule has 2 aromatic carbocycles. The van der Waals surface area contributed by atoms with E-state index >= 15 is 0 Å². The molecule has 0 radical (unpaired) electrons. The Hall–Kier alpha value is -2.78. The van der Waals surface area contributed by atoms with Gasteiger partial charge < -0.3 is 24.6 Å². The van der Waals surface area contributed by atoms with E-state index in [2.05, 4.69) is 5.32 Å². The van der Waals surface area contributed by atoms with Gasteiger partial charge in [0.25, 0.3) is 5.91 Å². The number of rotatable bonds is 9. The lowest BCUT2D eigenvalue weighted by Crippen LogP contribution is -2.35. The Morgan fingerprint density at radius 1 is 1.10 bits per heavy atom. The predicted octanol–water partition coefficient (Wildman–Crippen LogP) is 3.43. The molecule has 31 heavy (non-hydrogen) atoms. The van der Waals surface area contributed by atoms with Crippen LogP contribution in [0.3, 0.4) is 0 Å². The van der Waals surface area contributed by atoms with Crippen LogP contribution in [0.5, 0.6) is 11.5 Å². The summed E-state index contributed by atoms with van der Waals surface area (Å²) in [4.78, 5) is 12.2. The molecule has 0 aromatic heterocycles. The average molecular weight is 439 g/mol. The molecule has 168 valence electrons. The summed E-state index contributed by atoms with van der Waals surface area (Å²) in [6.45, 7) is 0.976. The van der Waals surface area contributed by atoms with Crippen LogP contribution in [-0.2, 0) is 10.9 Å². The van der Waals surface area contributed by atoms with Crippen LogP contribution in [0.15, 0.2) is 48.5 Å². The van der Waals surface area contributed by atoms with Crippen LogP contribution in [-0.4, -0.2) is 49.6 Å². The quantitative estimate of drug-likeness (QED) is 0.626. The fourth-order valence-corrected chi connectivity index (χ4v) is 2.97. The number of aliphatic hydroxyl groups excluding tert-OH is 1. The molecule has 2 atom stereocenters. The Kier molecular flexibility index (Phi) is 7.75. The summed E-state index contributed by atoms with van der Waals surface area (Å²) in [6.07, 6.45) is -3.33. The minimum atomic E-state index is -4.42. The molecule has 2 N–H and O–H groups in total. The molecule has 0 spiro atoms. The van der Waals surface area contributed by atoms with Gasteiger partial charge in [-0.25, -0.2) is 0 Å². The van der Waals surface area contributed by atoms with Crippen LogP contribution < -0.4 is 14.8 Å². The highest BCUT2D eigenvalue weighted by Crippen LogP contribution is 2.30. The SMILES string of the molecule is O=C(NCC(O)COc1ccc(C(F)(F)F)cc1)c1ccc(OCC2CCCO2)cc1. The van der Waals surface area contributed by atoms with E-state index in [1.807, 2.05) is 0 Å². The molecule has 2 aromatic rings. The average Bonchev–Trinajstić information content (AvgIpc) is 3.28. The molecule has 0 aliphatic carbocycles. The fourth-order valence-electron chi connectivity index (χ4n) is 2.97. The highest BCUT2D eigenvalue weighted by atomic mass is 19.4. The zero-order valence-corrected chi connectivity index (χ0v) is 16.7. The van der Waals surface area contributed by atoms with Crippen LogP contribution in [0.2, 0.25) is 0 Å². The molecule has 1 fully saturated rings. The summed E-state index contributed by atoms with van der Waals surface area (Å²) >= 11 is 0. The van der Waals surface area contributed by atoms with Crippen molar-refractivity contribution in [1.29, 1.82) is 0 Å². The predicted molar refractivity (Wildman–Crippen MR) is 106 cm³/mol. The van der Waals surface area contributed by atoms with E-state index in [9.17, 15) is 23.1 Å². The summed E-state index contributed by atoms with van der Waals surface area (Å²) < 4.78 is 54.0. The molecule has 2 unspecified atom stereocenters. The van der Waals surface area contributed by atoms with Crippen molar-refractivity contribution in [2.45, 2.75) is 31.2 Å². The normalized spacial score (nSPS) is 17.2. The number of carbonyl (C=O) groups excluding carboxylic acids is 1. The van der Waals surface area contributed by atoms with Crippen molar-refractivity contribution in [3.8, 4) is 11.5 Å². The molecule has 1 amide bonds. The Labute approximate surface area is 177 Å². The number of halogens is 3. The smallest absolute Gasteiger partial charge is 0.416 e. The van der Waals surface area contributed by atoms with Gasteiger partial charge in [-0.15, -0.1) is 0 Å². The van der Waals surface area contributed by atoms with Gasteiger partial charge in [0.05, 0.1) is 11.7 Å². The van der Waals surface area contributed by atoms with Crippen LogP contribution in [0.25, 0.3) is 0 Å². The van der Waals surface area contributed by atoms with Gasteiger partial charge in [-0.2, -0.15) is 13.2 Å². The number of hydrogen-bond donors (Lipinski definition) is 2.